The van der Waals surface area contributed by atoms with Crippen LogP contribution >= 0.6 is 0 Å². The minimum absolute atomic E-state index is 0.328. The van der Waals surface area contributed by atoms with E-state index in [-0.39, 0.29) is 0 Å². The van der Waals surface area contributed by atoms with E-state index < -0.39 is 0 Å². The summed E-state index contributed by atoms with van der Waals surface area (Å²) in [4.78, 5) is 0. The molecular formula is C6H11N3. The van der Waals surface area contributed by atoms with Crippen molar-refractivity contribution >= 4 is 6.21 Å². The monoisotopic (exact) mass is 125 g/mol. The smallest absolute Gasteiger partial charge is 0.0621 e. The Hall–Kier alpha value is -1.04. The molecule has 2 N–H and O–H groups in total. The molecule has 0 aromatic carbocycles. The van der Waals surface area contributed by atoms with Crippen molar-refractivity contribution in [2.24, 2.45) is 16.9 Å². The van der Waals surface area contributed by atoms with Crippen molar-refractivity contribution in [1.82, 2.24) is 0 Å². The molecule has 0 aromatic rings. The molecule has 1 unspecified atom stereocenters. The van der Waals surface area contributed by atoms with Crippen molar-refractivity contribution in [3.8, 4) is 6.07 Å². The van der Waals surface area contributed by atoms with E-state index in [0.29, 0.717) is 12.3 Å². The van der Waals surface area contributed by atoms with Gasteiger partial charge < -0.3 is 5.84 Å². The molecule has 3 heteroatoms. The lowest BCUT2D eigenvalue weighted by atomic mass is 10.1. The van der Waals surface area contributed by atoms with Crippen LogP contribution in [0.15, 0.2) is 5.10 Å². The van der Waals surface area contributed by atoms with Gasteiger partial charge in [0.25, 0.3) is 0 Å². The van der Waals surface area contributed by atoms with Crippen LogP contribution in [0.5, 0.6) is 0 Å². The average molecular weight is 125 g/mol. The Morgan fingerprint density at radius 2 is 2.56 bits per heavy atom. The van der Waals surface area contributed by atoms with Crippen LogP contribution in [0.2, 0.25) is 0 Å². The molecule has 3 nitrogen and oxygen atoms in total. The second-order valence-corrected chi connectivity index (χ2v) is 1.97. The Balaban J connectivity index is 3.29. The number of nitrogens with zero attached hydrogens (tertiary/aromatic N) is 2. The average Bonchev–Trinajstić information content (AvgIpc) is 1.85. The van der Waals surface area contributed by atoms with Crippen LogP contribution in [0.4, 0.5) is 0 Å². The highest BCUT2D eigenvalue weighted by Crippen LogP contribution is 1.99. The highest BCUT2D eigenvalue weighted by Gasteiger charge is 1.94. The topological polar surface area (TPSA) is 62.2 Å². The molecule has 0 aliphatic rings. The third kappa shape index (κ3) is 4.82. The first-order valence-electron chi connectivity index (χ1n) is 2.91. The summed E-state index contributed by atoms with van der Waals surface area (Å²) in [6, 6.07) is 2.05. The van der Waals surface area contributed by atoms with Gasteiger partial charge in [0.05, 0.1) is 6.07 Å². The standard InChI is InChI=1S/C6H11N3/c1-6(5-9-8)3-2-4-7/h5-6H,2-3,8H2,1H3/b9-5+. The molecule has 0 aromatic heterocycles. The molecule has 0 aliphatic heterocycles. The lowest BCUT2D eigenvalue weighted by molar-refractivity contribution is 0.709. The molecule has 0 amide bonds. The maximum Gasteiger partial charge on any atom is 0.0621 e. The number of nitriles is 1. The van der Waals surface area contributed by atoms with Gasteiger partial charge >= 0.3 is 0 Å². The summed E-state index contributed by atoms with van der Waals surface area (Å²) >= 11 is 0. The highest BCUT2D eigenvalue weighted by atomic mass is 15.1. The zero-order valence-corrected chi connectivity index (χ0v) is 5.54. The van der Waals surface area contributed by atoms with Gasteiger partial charge in [-0.1, -0.05) is 6.92 Å². The first kappa shape index (κ1) is 7.96. The van der Waals surface area contributed by atoms with Gasteiger partial charge in [0.2, 0.25) is 0 Å². The van der Waals surface area contributed by atoms with Crippen LogP contribution < -0.4 is 5.84 Å². The molecule has 0 saturated carbocycles. The second kappa shape index (κ2) is 5.10. The summed E-state index contributed by atoms with van der Waals surface area (Å²) in [6.45, 7) is 1.98. The molecular weight excluding hydrogens is 114 g/mol. The molecule has 9 heavy (non-hydrogen) atoms. The molecule has 0 fully saturated rings. The first-order chi connectivity index (χ1) is 4.31. The van der Waals surface area contributed by atoms with Crippen molar-refractivity contribution < 1.29 is 0 Å². The molecule has 1 atom stereocenters. The maximum atomic E-state index is 8.16. The third-order valence-electron chi connectivity index (χ3n) is 1.05. The van der Waals surface area contributed by atoms with Crippen molar-refractivity contribution in [1.29, 1.82) is 5.26 Å². The van der Waals surface area contributed by atoms with E-state index >= 15 is 0 Å². The van der Waals surface area contributed by atoms with E-state index in [1.54, 1.807) is 6.21 Å². The van der Waals surface area contributed by atoms with E-state index in [2.05, 4.69) is 11.2 Å². The predicted molar refractivity (Wildman–Crippen MR) is 36.7 cm³/mol. The summed E-state index contributed by atoms with van der Waals surface area (Å²) in [5, 5.41) is 11.5. The molecule has 0 spiro atoms. The quantitative estimate of drug-likeness (QED) is 0.345. The molecule has 0 bridgehead atoms. The summed E-state index contributed by atoms with van der Waals surface area (Å²) in [7, 11) is 0. The fourth-order valence-electron chi connectivity index (χ4n) is 0.514. The Labute approximate surface area is 55.2 Å². The number of hydrogen-bond donors (Lipinski definition) is 1. The van der Waals surface area contributed by atoms with E-state index in [1.165, 1.54) is 0 Å². The van der Waals surface area contributed by atoms with Crippen LogP contribution in [0, 0.1) is 17.2 Å². The van der Waals surface area contributed by atoms with Crippen LogP contribution in [-0.4, -0.2) is 6.21 Å². The van der Waals surface area contributed by atoms with Crippen LogP contribution in [-0.2, 0) is 0 Å². The highest BCUT2D eigenvalue weighted by molar-refractivity contribution is 5.59. The van der Waals surface area contributed by atoms with Gasteiger partial charge in [0.15, 0.2) is 0 Å². The van der Waals surface area contributed by atoms with Crippen LogP contribution in [0.3, 0.4) is 0 Å². The van der Waals surface area contributed by atoms with Gasteiger partial charge in [-0.25, -0.2) is 0 Å². The largest absolute Gasteiger partial charge is 0.324 e. The molecule has 0 rings (SSSR count). The molecule has 0 saturated heterocycles. The van der Waals surface area contributed by atoms with E-state index in [4.69, 9.17) is 11.1 Å². The molecule has 0 aliphatic carbocycles. The Bertz CT molecular complexity index is 123. The minimum atomic E-state index is 0.328. The van der Waals surface area contributed by atoms with Crippen LogP contribution in [0.1, 0.15) is 19.8 Å². The van der Waals surface area contributed by atoms with Crippen molar-refractivity contribution in [3.05, 3.63) is 0 Å². The zero-order chi connectivity index (χ0) is 7.11. The van der Waals surface area contributed by atoms with Crippen molar-refractivity contribution in [2.75, 3.05) is 0 Å². The summed E-state index contributed by atoms with van der Waals surface area (Å²) in [6.07, 6.45) is 3.07. The lowest BCUT2D eigenvalue weighted by Crippen LogP contribution is -1.97. The normalized spacial score (nSPS) is 13.3. The Kier molecular flexibility index (Phi) is 4.51. The van der Waals surface area contributed by atoms with Crippen LogP contribution in [0.25, 0.3) is 0 Å². The molecule has 50 valence electrons. The van der Waals surface area contributed by atoms with Gasteiger partial charge in [-0.2, -0.15) is 10.4 Å². The number of hydrazone groups is 1. The van der Waals surface area contributed by atoms with Gasteiger partial charge in [-0.15, -0.1) is 0 Å². The number of nitrogens with two attached hydrogens (primary N) is 1. The fourth-order valence-corrected chi connectivity index (χ4v) is 0.514. The minimum Gasteiger partial charge on any atom is -0.324 e. The second-order valence-electron chi connectivity index (χ2n) is 1.97. The van der Waals surface area contributed by atoms with Crippen molar-refractivity contribution in [2.45, 2.75) is 19.8 Å². The number of hydrogen-bond acceptors (Lipinski definition) is 3. The fraction of sp³-hybridized carbons (Fsp3) is 0.667. The van der Waals surface area contributed by atoms with E-state index in [1.807, 2.05) is 6.92 Å². The van der Waals surface area contributed by atoms with E-state index in [9.17, 15) is 0 Å². The zero-order valence-electron chi connectivity index (χ0n) is 5.54. The van der Waals surface area contributed by atoms with Gasteiger partial charge in [-0.3, -0.25) is 0 Å². The Morgan fingerprint density at radius 3 is 3.00 bits per heavy atom. The predicted octanol–water partition coefficient (Wildman–Crippen LogP) is 0.871. The third-order valence-corrected chi connectivity index (χ3v) is 1.05. The summed E-state index contributed by atoms with van der Waals surface area (Å²) < 4.78 is 0. The van der Waals surface area contributed by atoms with E-state index in [0.717, 1.165) is 6.42 Å². The summed E-state index contributed by atoms with van der Waals surface area (Å²) in [5.74, 6) is 5.22. The molecule has 0 heterocycles. The maximum absolute atomic E-state index is 8.16. The van der Waals surface area contributed by atoms with Crippen molar-refractivity contribution in [3.63, 3.8) is 0 Å². The van der Waals surface area contributed by atoms with Gasteiger partial charge in [-0.05, 0) is 12.3 Å². The first-order valence-corrected chi connectivity index (χ1v) is 2.91. The number of rotatable bonds is 3. The SMILES string of the molecule is CC(/C=N/N)CCC#N. The van der Waals surface area contributed by atoms with Gasteiger partial charge in [0.1, 0.15) is 0 Å². The van der Waals surface area contributed by atoms with Gasteiger partial charge in [0, 0.05) is 12.6 Å². The molecule has 0 radical (unpaired) electrons. The lowest BCUT2D eigenvalue weighted by Gasteiger charge is -1.97. The Morgan fingerprint density at radius 1 is 1.89 bits per heavy atom. The summed E-state index contributed by atoms with van der Waals surface area (Å²) in [5.41, 5.74) is 0.